The van der Waals surface area contributed by atoms with Crippen LogP contribution in [0.5, 0.6) is 0 Å². The Kier molecular flexibility index (Phi) is 4.96. The third kappa shape index (κ3) is 4.06. The van der Waals surface area contributed by atoms with Crippen molar-refractivity contribution >= 4 is 23.2 Å². The zero-order valence-corrected chi connectivity index (χ0v) is 12.0. The molecular formula is C14H20N2O2S. The van der Waals surface area contributed by atoms with Gasteiger partial charge in [0.15, 0.2) is 0 Å². The minimum atomic E-state index is -0.0960. The first-order chi connectivity index (χ1) is 9.16. The summed E-state index contributed by atoms with van der Waals surface area (Å²) in [6, 6.07) is 1.79. The summed E-state index contributed by atoms with van der Waals surface area (Å²) in [5.74, 6) is 0.779. The number of piperidine rings is 1. The molecule has 2 heterocycles. The monoisotopic (exact) mass is 280 g/mol. The number of hydrogen-bond acceptors (Lipinski definition) is 3. The molecular weight excluding hydrogens is 260 g/mol. The van der Waals surface area contributed by atoms with Crippen LogP contribution in [-0.2, 0) is 4.79 Å². The van der Waals surface area contributed by atoms with Gasteiger partial charge < -0.3 is 10.2 Å². The van der Waals surface area contributed by atoms with Crippen LogP contribution in [0.25, 0.3) is 0 Å². The van der Waals surface area contributed by atoms with Gasteiger partial charge in [-0.1, -0.05) is 6.92 Å². The van der Waals surface area contributed by atoms with Crippen LogP contribution in [0.1, 0.15) is 36.5 Å². The van der Waals surface area contributed by atoms with Crippen LogP contribution in [-0.4, -0.2) is 36.3 Å². The standard InChI is InChI=1S/C14H20N2O2S/c1-11-3-7-16(8-4-11)13(17)2-6-15-14(18)12-5-9-19-10-12/h5,9-11H,2-4,6-8H2,1H3,(H,15,18). The van der Waals surface area contributed by atoms with E-state index >= 15 is 0 Å². The zero-order chi connectivity index (χ0) is 13.7. The Labute approximate surface area is 117 Å². The van der Waals surface area contributed by atoms with E-state index < -0.39 is 0 Å². The van der Waals surface area contributed by atoms with Crippen LogP contribution in [0.15, 0.2) is 16.8 Å². The Morgan fingerprint density at radius 2 is 2.16 bits per heavy atom. The van der Waals surface area contributed by atoms with E-state index in [4.69, 9.17) is 0 Å². The van der Waals surface area contributed by atoms with Crippen molar-refractivity contribution in [3.8, 4) is 0 Å². The molecule has 2 rings (SSSR count). The Morgan fingerprint density at radius 1 is 1.42 bits per heavy atom. The fraction of sp³-hybridized carbons (Fsp3) is 0.571. The van der Waals surface area contributed by atoms with Crippen molar-refractivity contribution in [1.29, 1.82) is 0 Å². The Hall–Kier alpha value is -1.36. The molecule has 5 heteroatoms. The van der Waals surface area contributed by atoms with Gasteiger partial charge in [0.2, 0.25) is 5.91 Å². The normalized spacial score (nSPS) is 16.4. The molecule has 2 amide bonds. The highest BCUT2D eigenvalue weighted by molar-refractivity contribution is 7.08. The van der Waals surface area contributed by atoms with Crippen LogP contribution in [0.4, 0.5) is 0 Å². The lowest BCUT2D eigenvalue weighted by molar-refractivity contribution is -0.132. The van der Waals surface area contributed by atoms with E-state index in [2.05, 4.69) is 12.2 Å². The molecule has 0 radical (unpaired) electrons. The molecule has 104 valence electrons. The highest BCUT2D eigenvalue weighted by atomic mass is 32.1. The second kappa shape index (κ2) is 6.70. The van der Waals surface area contributed by atoms with Gasteiger partial charge in [0, 0.05) is 37.0 Å². The predicted octanol–water partition coefficient (Wildman–Crippen LogP) is 2.13. The molecule has 0 atom stereocenters. The minimum absolute atomic E-state index is 0.0960. The maximum atomic E-state index is 11.9. The SMILES string of the molecule is CC1CCN(C(=O)CCNC(=O)c2ccsc2)CC1. The van der Waals surface area contributed by atoms with Gasteiger partial charge in [0.1, 0.15) is 0 Å². The second-order valence-corrected chi connectivity index (χ2v) is 5.86. The Balaban J connectivity index is 1.68. The summed E-state index contributed by atoms with van der Waals surface area (Å²) in [5, 5.41) is 6.46. The first-order valence-corrected chi connectivity index (χ1v) is 7.69. The lowest BCUT2D eigenvalue weighted by atomic mass is 9.99. The number of thiophene rings is 1. The largest absolute Gasteiger partial charge is 0.351 e. The van der Waals surface area contributed by atoms with E-state index in [1.165, 1.54) is 11.3 Å². The molecule has 0 aliphatic carbocycles. The van der Waals surface area contributed by atoms with Gasteiger partial charge in [-0.25, -0.2) is 0 Å². The number of nitrogens with one attached hydrogen (secondary N) is 1. The maximum absolute atomic E-state index is 11.9. The highest BCUT2D eigenvalue weighted by Gasteiger charge is 2.19. The lowest BCUT2D eigenvalue weighted by Crippen LogP contribution is -2.39. The molecule has 0 aromatic carbocycles. The lowest BCUT2D eigenvalue weighted by Gasteiger charge is -2.30. The van der Waals surface area contributed by atoms with E-state index in [0.717, 1.165) is 31.8 Å². The molecule has 1 aromatic heterocycles. The minimum Gasteiger partial charge on any atom is -0.351 e. The third-order valence-corrected chi connectivity index (χ3v) is 4.23. The topological polar surface area (TPSA) is 49.4 Å². The molecule has 1 aliphatic heterocycles. The van der Waals surface area contributed by atoms with E-state index in [0.29, 0.717) is 18.5 Å². The van der Waals surface area contributed by atoms with Crippen molar-refractivity contribution in [2.45, 2.75) is 26.2 Å². The summed E-state index contributed by atoms with van der Waals surface area (Å²) in [6.07, 6.45) is 2.57. The first-order valence-electron chi connectivity index (χ1n) is 6.75. The smallest absolute Gasteiger partial charge is 0.252 e. The quantitative estimate of drug-likeness (QED) is 0.918. The molecule has 1 aromatic rings. The Bertz CT molecular complexity index is 423. The number of likely N-dealkylation sites (tertiary alicyclic amines) is 1. The summed E-state index contributed by atoms with van der Waals surface area (Å²) in [4.78, 5) is 25.5. The number of nitrogens with zero attached hydrogens (tertiary/aromatic N) is 1. The summed E-state index contributed by atoms with van der Waals surface area (Å²) in [5.41, 5.74) is 0.671. The van der Waals surface area contributed by atoms with Gasteiger partial charge in [0.25, 0.3) is 5.91 Å². The molecule has 1 saturated heterocycles. The van der Waals surface area contributed by atoms with Crippen LogP contribution in [0, 0.1) is 5.92 Å². The van der Waals surface area contributed by atoms with E-state index in [9.17, 15) is 9.59 Å². The van der Waals surface area contributed by atoms with Crippen molar-refractivity contribution in [3.63, 3.8) is 0 Å². The second-order valence-electron chi connectivity index (χ2n) is 5.08. The number of carbonyl (C=O) groups excluding carboxylic acids is 2. The molecule has 0 bridgehead atoms. The van der Waals surface area contributed by atoms with Gasteiger partial charge in [-0.05, 0) is 30.2 Å². The molecule has 1 N–H and O–H groups in total. The van der Waals surface area contributed by atoms with Crippen molar-refractivity contribution in [1.82, 2.24) is 10.2 Å². The van der Waals surface area contributed by atoms with E-state index in [1.54, 1.807) is 6.07 Å². The molecule has 0 spiro atoms. The third-order valence-electron chi connectivity index (χ3n) is 3.54. The average molecular weight is 280 g/mol. The molecule has 0 saturated carbocycles. The summed E-state index contributed by atoms with van der Waals surface area (Å²) < 4.78 is 0. The van der Waals surface area contributed by atoms with Gasteiger partial charge >= 0.3 is 0 Å². The van der Waals surface area contributed by atoms with Crippen molar-refractivity contribution in [3.05, 3.63) is 22.4 Å². The van der Waals surface area contributed by atoms with Crippen LogP contribution in [0.3, 0.4) is 0 Å². The van der Waals surface area contributed by atoms with Crippen molar-refractivity contribution < 1.29 is 9.59 Å². The fourth-order valence-electron chi connectivity index (χ4n) is 2.19. The van der Waals surface area contributed by atoms with E-state index in [1.807, 2.05) is 15.7 Å². The molecule has 4 nitrogen and oxygen atoms in total. The predicted molar refractivity (Wildman–Crippen MR) is 76.2 cm³/mol. The summed E-state index contributed by atoms with van der Waals surface area (Å²) in [7, 11) is 0. The number of amides is 2. The van der Waals surface area contributed by atoms with Crippen molar-refractivity contribution in [2.24, 2.45) is 5.92 Å². The molecule has 1 aliphatic rings. The van der Waals surface area contributed by atoms with Gasteiger partial charge in [0.05, 0.1) is 0 Å². The van der Waals surface area contributed by atoms with Crippen LogP contribution in [0.2, 0.25) is 0 Å². The maximum Gasteiger partial charge on any atom is 0.252 e. The van der Waals surface area contributed by atoms with Gasteiger partial charge in [-0.3, -0.25) is 9.59 Å². The highest BCUT2D eigenvalue weighted by Crippen LogP contribution is 2.16. The Morgan fingerprint density at radius 3 is 2.79 bits per heavy atom. The molecule has 19 heavy (non-hydrogen) atoms. The first kappa shape index (κ1) is 14.1. The summed E-state index contributed by atoms with van der Waals surface area (Å²) in [6.45, 7) is 4.36. The van der Waals surface area contributed by atoms with Crippen LogP contribution < -0.4 is 5.32 Å². The number of hydrogen-bond donors (Lipinski definition) is 1. The van der Waals surface area contributed by atoms with Crippen molar-refractivity contribution in [2.75, 3.05) is 19.6 Å². The summed E-state index contributed by atoms with van der Waals surface area (Å²) >= 11 is 1.49. The molecule has 0 unspecified atom stereocenters. The fourth-order valence-corrected chi connectivity index (χ4v) is 2.83. The van der Waals surface area contributed by atoms with Gasteiger partial charge in [-0.2, -0.15) is 11.3 Å². The average Bonchev–Trinajstić information content (AvgIpc) is 2.93. The van der Waals surface area contributed by atoms with Crippen LogP contribution >= 0.6 is 11.3 Å². The van der Waals surface area contributed by atoms with E-state index in [-0.39, 0.29) is 11.8 Å². The number of carbonyl (C=O) groups is 2. The van der Waals surface area contributed by atoms with Gasteiger partial charge in [-0.15, -0.1) is 0 Å². The number of rotatable bonds is 4. The zero-order valence-electron chi connectivity index (χ0n) is 11.2. The molecule has 1 fully saturated rings.